The first-order chi connectivity index (χ1) is 11.8. The molecule has 0 spiro atoms. The Kier molecular flexibility index (Phi) is 3.97. The lowest BCUT2D eigenvalue weighted by atomic mass is 10.1. The second-order valence-electron chi connectivity index (χ2n) is 5.55. The van der Waals surface area contributed by atoms with Gasteiger partial charge in [0.2, 0.25) is 0 Å². The summed E-state index contributed by atoms with van der Waals surface area (Å²) < 4.78 is 39.5. The van der Waals surface area contributed by atoms with Crippen LogP contribution < -0.4 is 5.73 Å². The molecule has 0 fully saturated rings. The van der Waals surface area contributed by atoms with Crippen LogP contribution in [0.3, 0.4) is 0 Å². The molecule has 3 aromatic rings. The van der Waals surface area contributed by atoms with Crippen LogP contribution in [0.5, 0.6) is 0 Å². The summed E-state index contributed by atoms with van der Waals surface area (Å²) >= 11 is 0. The quantitative estimate of drug-likeness (QED) is 0.754. The Bertz CT molecular complexity index is 963. The van der Waals surface area contributed by atoms with E-state index in [-0.39, 0.29) is 17.1 Å². The molecule has 0 amide bonds. The molecule has 3 rings (SSSR count). The van der Waals surface area contributed by atoms with E-state index in [0.717, 1.165) is 17.7 Å². The topological polar surface area (TPSA) is 67.6 Å². The highest BCUT2D eigenvalue weighted by atomic mass is 19.4. The number of nitrogen functional groups attached to an aromatic ring is 1. The smallest absolute Gasteiger partial charge is 0.382 e. The highest BCUT2D eigenvalue weighted by Crippen LogP contribution is 2.33. The van der Waals surface area contributed by atoms with Crippen molar-refractivity contribution in [2.24, 2.45) is 0 Å². The summed E-state index contributed by atoms with van der Waals surface area (Å²) in [7, 11) is 0. The van der Waals surface area contributed by atoms with Crippen LogP contribution >= 0.6 is 0 Å². The van der Waals surface area contributed by atoms with E-state index in [9.17, 15) is 18.4 Å². The summed E-state index contributed by atoms with van der Waals surface area (Å²) in [6.45, 7) is 1.91. The van der Waals surface area contributed by atoms with Crippen molar-refractivity contribution in [1.29, 1.82) is 5.26 Å². The molecule has 2 aromatic carbocycles. The molecular formula is C18H13F3N4. The molecule has 0 saturated carbocycles. The molecule has 1 aromatic heterocycles. The maximum absolute atomic E-state index is 12.7. The van der Waals surface area contributed by atoms with E-state index in [2.05, 4.69) is 5.10 Å². The number of benzene rings is 2. The van der Waals surface area contributed by atoms with E-state index in [1.807, 2.05) is 31.2 Å². The second kappa shape index (κ2) is 5.98. The number of halogens is 3. The lowest BCUT2D eigenvalue weighted by molar-refractivity contribution is -0.137. The summed E-state index contributed by atoms with van der Waals surface area (Å²) in [5, 5.41) is 13.7. The van der Waals surface area contributed by atoms with Crippen molar-refractivity contribution in [3.63, 3.8) is 0 Å². The normalized spacial score (nSPS) is 11.3. The fraction of sp³-hybridized carbons (Fsp3) is 0.111. The van der Waals surface area contributed by atoms with Gasteiger partial charge >= 0.3 is 6.18 Å². The third-order valence-corrected chi connectivity index (χ3v) is 3.76. The molecule has 0 unspecified atom stereocenters. The zero-order valence-electron chi connectivity index (χ0n) is 13.2. The SMILES string of the molecule is Cc1cccc(-n2nc(-c3ccc(C(F)(F)F)cc3)c(C#N)c2N)c1. The van der Waals surface area contributed by atoms with Crippen molar-refractivity contribution < 1.29 is 13.2 Å². The Hall–Kier alpha value is -3.27. The predicted octanol–water partition coefficient (Wildman–Crippen LogP) is 4.32. The Morgan fingerprint density at radius 2 is 1.80 bits per heavy atom. The lowest BCUT2D eigenvalue weighted by Gasteiger charge is -2.06. The van der Waals surface area contributed by atoms with Crippen molar-refractivity contribution in [3.05, 3.63) is 65.2 Å². The van der Waals surface area contributed by atoms with Crippen LogP contribution in [0.25, 0.3) is 16.9 Å². The summed E-state index contributed by atoms with van der Waals surface area (Å²) in [4.78, 5) is 0. The number of nitrogens with zero attached hydrogens (tertiary/aromatic N) is 3. The highest BCUT2D eigenvalue weighted by Gasteiger charge is 2.30. The van der Waals surface area contributed by atoms with Crippen LogP contribution in [0.2, 0.25) is 0 Å². The van der Waals surface area contributed by atoms with E-state index in [1.54, 1.807) is 6.07 Å². The van der Waals surface area contributed by atoms with Gasteiger partial charge in [-0.3, -0.25) is 0 Å². The maximum atomic E-state index is 12.7. The number of aromatic nitrogens is 2. The minimum atomic E-state index is -4.42. The van der Waals surface area contributed by atoms with Gasteiger partial charge in [-0.1, -0.05) is 24.3 Å². The van der Waals surface area contributed by atoms with Crippen LogP contribution in [0.15, 0.2) is 48.5 Å². The third kappa shape index (κ3) is 3.06. The molecule has 0 aliphatic carbocycles. The number of anilines is 1. The number of rotatable bonds is 2. The molecule has 0 saturated heterocycles. The maximum Gasteiger partial charge on any atom is 0.416 e. The fourth-order valence-corrected chi connectivity index (χ4v) is 2.52. The Labute approximate surface area is 141 Å². The summed E-state index contributed by atoms with van der Waals surface area (Å²) in [6, 6.07) is 13.8. The zero-order valence-corrected chi connectivity index (χ0v) is 13.2. The molecule has 25 heavy (non-hydrogen) atoms. The van der Waals surface area contributed by atoms with Gasteiger partial charge in [-0.25, -0.2) is 4.68 Å². The van der Waals surface area contributed by atoms with Crippen LogP contribution in [0.4, 0.5) is 19.0 Å². The number of hydrogen-bond acceptors (Lipinski definition) is 3. The van der Waals surface area contributed by atoms with E-state index >= 15 is 0 Å². The van der Waals surface area contributed by atoms with E-state index in [0.29, 0.717) is 11.3 Å². The van der Waals surface area contributed by atoms with Gasteiger partial charge in [-0.2, -0.15) is 23.5 Å². The van der Waals surface area contributed by atoms with E-state index < -0.39 is 11.7 Å². The van der Waals surface area contributed by atoms with E-state index in [4.69, 9.17) is 5.73 Å². The number of nitrogens with two attached hydrogens (primary N) is 1. The molecule has 1 heterocycles. The summed E-state index contributed by atoms with van der Waals surface area (Å²) in [6.07, 6.45) is -4.42. The van der Waals surface area contributed by atoms with Crippen LogP contribution in [-0.2, 0) is 6.18 Å². The average Bonchev–Trinajstić information content (AvgIpc) is 2.91. The van der Waals surface area contributed by atoms with Crippen molar-refractivity contribution >= 4 is 5.82 Å². The van der Waals surface area contributed by atoms with Gasteiger partial charge in [0, 0.05) is 5.56 Å². The molecule has 0 aliphatic heterocycles. The Balaban J connectivity index is 2.12. The van der Waals surface area contributed by atoms with Gasteiger partial charge in [-0.05, 0) is 36.8 Å². The minimum absolute atomic E-state index is 0.126. The molecule has 4 nitrogen and oxygen atoms in total. The van der Waals surface area contributed by atoms with Gasteiger partial charge in [-0.15, -0.1) is 0 Å². The summed E-state index contributed by atoms with van der Waals surface area (Å²) in [5.41, 5.74) is 7.69. The Morgan fingerprint density at radius 3 is 2.36 bits per heavy atom. The Morgan fingerprint density at radius 1 is 1.12 bits per heavy atom. The molecule has 126 valence electrons. The molecule has 0 radical (unpaired) electrons. The van der Waals surface area contributed by atoms with E-state index in [1.165, 1.54) is 16.8 Å². The number of alkyl halides is 3. The largest absolute Gasteiger partial charge is 0.416 e. The van der Waals surface area contributed by atoms with Gasteiger partial charge in [0.25, 0.3) is 0 Å². The first-order valence-corrected chi connectivity index (χ1v) is 7.34. The van der Waals surface area contributed by atoms with Gasteiger partial charge in [0.1, 0.15) is 23.1 Å². The molecule has 0 aliphatic rings. The van der Waals surface area contributed by atoms with Gasteiger partial charge < -0.3 is 5.73 Å². The average molecular weight is 342 g/mol. The lowest BCUT2D eigenvalue weighted by Crippen LogP contribution is -2.04. The highest BCUT2D eigenvalue weighted by molar-refractivity contribution is 5.74. The number of aryl methyl sites for hydroxylation is 1. The van der Waals surface area contributed by atoms with Crippen molar-refractivity contribution in [1.82, 2.24) is 9.78 Å². The standard InChI is InChI=1S/C18H13F3N4/c1-11-3-2-4-14(9-11)25-17(23)15(10-22)16(24-25)12-5-7-13(8-6-12)18(19,20)21/h2-9H,23H2,1H3. The monoisotopic (exact) mass is 342 g/mol. The first kappa shape index (κ1) is 16.6. The molecule has 0 bridgehead atoms. The fourth-order valence-electron chi connectivity index (χ4n) is 2.52. The summed E-state index contributed by atoms with van der Waals surface area (Å²) in [5.74, 6) is 0.142. The minimum Gasteiger partial charge on any atom is -0.382 e. The second-order valence-corrected chi connectivity index (χ2v) is 5.55. The number of hydrogen-bond donors (Lipinski definition) is 1. The van der Waals surface area contributed by atoms with Gasteiger partial charge in [0.15, 0.2) is 0 Å². The molecule has 0 atom stereocenters. The number of nitriles is 1. The molecular weight excluding hydrogens is 329 g/mol. The van der Waals surface area contributed by atoms with Crippen molar-refractivity contribution in [2.45, 2.75) is 13.1 Å². The molecule has 7 heteroatoms. The van der Waals surface area contributed by atoms with Crippen LogP contribution in [-0.4, -0.2) is 9.78 Å². The molecule has 2 N–H and O–H groups in total. The van der Waals surface area contributed by atoms with Crippen LogP contribution in [0.1, 0.15) is 16.7 Å². The van der Waals surface area contributed by atoms with Crippen LogP contribution in [0, 0.1) is 18.3 Å². The zero-order chi connectivity index (χ0) is 18.2. The predicted molar refractivity (Wildman–Crippen MR) is 87.9 cm³/mol. The first-order valence-electron chi connectivity index (χ1n) is 7.34. The van der Waals surface area contributed by atoms with Crippen molar-refractivity contribution in [2.75, 3.05) is 5.73 Å². The third-order valence-electron chi connectivity index (χ3n) is 3.76. The van der Waals surface area contributed by atoms with Gasteiger partial charge in [0.05, 0.1) is 11.3 Å². The van der Waals surface area contributed by atoms with Crippen molar-refractivity contribution in [3.8, 4) is 23.0 Å².